The van der Waals surface area contributed by atoms with Gasteiger partial charge in [-0.1, -0.05) is 11.6 Å². The lowest BCUT2D eigenvalue weighted by Gasteiger charge is -2.22. The molecule has 18 heavy (non-hydrogen) atoms. The number of aryl methyl sites for hydroxylation is 1. The van der Waals surface area contributed by atoms with Crippen molar-refractivity contribution in [1.29, 1.82) is 0 Å². The summed E-state index contributed by atoms with van der Waals surface area (Å²) in [5.74, 6) is -1.52. The van der Waals surface area contributed by atoms with Gasteiger partial charge in [0, 0.05) is 6.54 Å². The van der Waals surface area contributed by atoms with E-state index in [1.165, 1.54) is 11.0 Å². The van der Waals surface area contributed by atoms with Crippen molar-refractivity contribution in [3.8, 4) is 5.75 Å². The number of amides is 1. The largest absolute Gasteiger partial charge is 0.507 e. The Hall–Kier alpha value is -2.04. The quantitative estimate of drug-likeness (QED) is 0.830. The van der Waals surface area contributed by atoms with Gasteiger partial charge in [-0.3, -0.25) is 4.79 Å². The molecule has 1 aliphatic heterocycles. The molecule has 0 bridgehead atoms. The maximum absolute atomic E-state index is 12.2. The number of phenolic OH excluding ortho intramolecular Hbond substituents is 1. The number of phenols is 1. The molecule has 96 valence electrons. The van der Waals surface area contributed by atoms with Crippen molar-refractivity contribution >= 4 is 11.9 Å². The highest BCUT2D eigenvalue weighted by Crippen LogP contribution is 2.25. The predicted octanol–water partition coefficient (Wildman–Crippen LogP) is 1.39. The van der Waals surface area contributed by atoms with E-state index in [1.807, 2.05) is 6.92 Å². The van der Waals surface area contributed by atoms with Crippen LogP contribution in [0.1, 0.15) is 28.8 Å². The second kappa shape index (κ2) is 4.68. The molecule has 0 unspecified atom stereocenters. The number of carboxylic acids is 1. The standard InChI is InChI=1S/C13H15NO4/c1-8-4-5-11(15)9(7-8)12(16)14-6-2-3-10(14)13(17)18/h4-5,7,10,15H,2-3,6H2,1H3,(H,17,18)/t10-/m1/s1. The van der Waals surface area contributed by atoms with E-state index in [-0.39, 0.29) is 11.3 Å². The Kier molecular flexibility index (Phi) is 3.23. The second-order valence-corrected chi connectivity index (χ2v) is 4.52. The Balaban J connectivity index is 2.31. The first-order valence-corrected chi connectivity index (χ1v) is 5.84. The molecular weight excluding hydrogens is 234 g/mol. The fourth-order valence-corrected chi connectivity index (χ4v) is 2.24. The summed E-state index contributed by atoms with van der Waals surface area (Å²) in [5, 5.41) is 18.7. The maximum Gasteiger partial charge on any atom is 0.326 e. The normalized spacial score (nSPS) is 18.9. The molecule has 1 aromatic rings. The number of hydrogen-bond acceptors (Lipinski definition) is 3. The molecule has 5 heteroatoms. The molecule has 1 aromatic carbocycles. The Morgan fingerprint density at radius 3 is 2.78 bits per heavy atom. The number of benzene rings is 1. The number of rotatable bonds is 2. The van der Waals surface area contributed by atoms with Crippen LogP contribution in [0.2, 0.25) is 0 Å². The number of likely N-dealkylation sites (tertiary alicyclic amines) is 1. The van der Waals surface area contributed by atoms with E-state index in [1.54, 1.807) is 12.1 Å². The summed E-state index contributed by atoms with van der Waals surface area (Å²) < 4.78 is 0. The minimum Gasteiger partial charge on any atom is -0.507 e. The van der Waals surface area contributed by atoms with Gasteiger partial charge in [0.25, 0.3) is 5.91 Å². The molecule has 0 saturated carbocycles. The number of carbonyl (C=O) groups excluding carboxylic acids is 1. The van der Waals surface area contributed by atoms with E-state index in [2.05, 4.69) is 0 Å². The summed E-state index contributed by atoms with van der Waals surface area (Å²) in [6, 6.07) is 3.95. The predicted molar refractivity (Wildman–Crippen MR) is 64.5 cm³/mol. The van der Waals surface area contributed by atoms with Crippen molar-refractivity contribution in [3.63, 3.8) is 0 Å². The third-order valence-electron chi connectivity index (χ3n) is 3.18. The molecule has 5 nitrogen and oxygen atoms in total. The minimum atomic E-state index is -0.993. The first kappa shape index (κ1) is 12.4. The first-order valence-electron chi connectivity index (χ1n) is 5.84. The van der Waals surface area contributed by atoms with E-state index < -0.39 is 17.9 Å². The van der Waals surface area contributed by atoms with Gasteiger partial charge in [-0.15, -0.1) is 0 Å². The Morgan fingerprint density at radius 1 is 1.39 bits per heavy atom. The zero-order valence-electron chi connectivity index (χ0n) is 10.1. The molecule has 1 heterocycles. The fraction of sp³-hybridized carbons (Fsp3) is 0.385. The molecule has 0 aliphatic carbocycles. The lowest BCUT2D eigenvalue weighted by atomic mass is 10.1. The monoisotopic (exact) mass is 249 g/mol. The van der Waals surface area contributed by atoms with E-state index in [9.17, 15) is 14.7 Å². The van der Waals surface area contributed by atoms with Crippen LogP contribution >= 0.6 is 0 Å². The molecule has 1 fully saturated rings. The number of carboxylic acid groups (broad SMARTS) is 1. The second-order valence-electron chi connectivity index (χ2n) is 4.52. The summed E-state index contributed by atoms with van der Waals surface area (Å²) in [7, 11) is 0. The highest BCUT2D eigenvalue weighted by molar-refractivity contribution is 5.99. The van der Waals surface area contributed by atoms with Gasteiger partial charge in [0.2, 0.25) is 0 Å². The molecule has 1 aliphatic rings. The zero-order valence-corrected chi connectivity index (χ0v) is 10.1. The molecule has 1 amide bonds. The third kappa shape index (κ3) is 2.16. The minimum absolute atomic E-state index is 0.110. The van der Waals surface area contributed by atoms with Gasteiger partial charge >= 0.3 is 5.97 Å². The summed E-state index contributed by atoms with van der Waals surface area (Å²) in [4.78, 5) is 24.6. The molecule has 2 N–H and O–H groups in total. The van der Waals surface area contributed by atoms with E-state index in [0.29, 0.717) is 19.4 Å². The van der Waals surface area contributed by atoms with Crippen molar-refractivity contribution in [3.05, 3.63) is 29.3 Å². The topological polar surface area (TPSA) is 77.8 Å². The van der Waals surface area contributed by atoms with Gasteiger partial charge in [0.05, 0.1) is 5.56 Å². The van der Waals surface area contributed by atoms with Crippen molar-refractivity contribution in [2.45, 2.75) is 25.8 Å². The van der Waals surface area contributed by atoms with Crippen molar-refractivity contribution in [1.82, 2.24) is 4.90 Å². The Labute approximate surface area is 105 Å². The Bertz CT molecular complexity index is 498. The van der Waals surface area contributed by atoms with Crippen LogP contribution in [-0.2, 0) is 4.79 Å². The summed E-state index contributed by atoms with van der Waals surface area (Å²) in [5.41, 5.74) is 1.02. The highest BCUT2D eigenvalue weighted by atomic mass is 16.4. The SMILES string of the molecule is Cc1ccc(O)c(C(=O)N2CCC[C@@H]2C(=O)O)c1. The highest BCUT2D eigenvalue weighted by Gasteiger charge is 2.35. The van der Waals surface area contributed by atoms with E-state index in [4.69, 9.17) is 5.11 Å². The van der Waals surface area contributed by atoms with Gasteiger partial charge in [-0.2, -0.15) is 0 Å². The molecule has 1 saturated heterocycles. The van der Waals surface area contributed by atoms with Crippen LogP contribution in [0.3, 0.4) is 0 Å². The van der Waals surface area contributed by atoms with Crippen LogP contribution in [0.25, 0.3) is 0 Å². The summed E-state index contributed by atoms with van der Waals surface area (Å²) in [6.45, 7) is 2.23. The van der Waals surface area contributed by atoms with Crippen LogP contribution in [0.5, 0.6) is 5.75 Å². The van der Waals surface area contributed by atoms with Gasteiger partial charge in [-0.05, 0) is 31.9 Å². The third-order valence-corrected chi connectivity index (χ3v) is 3.18. The Morgan fingerprint density at radius 2 is 2.11 bits per heavy atom. The summed E-state index contributed by atoms with van der Waals surface area (Å²) in [6.07, 6.45) is 1.14. The summed E-state index contributed by atoms with van der Waals surface area (Å²) >= 11 is 0. The van der Waals surface area contributed by atoms with E-state index >= 15 is 0 Å². The van der Waals surface area contributed by atoms with Crippen molar-refractivity contribution in [2.75, 3.05) is 6.54 Å². The van der Waals surface area contributed by atoms with Crippen molar-refractivity contribution < 1.29 is 19.8 Å². The number of hydrogen-bond donors (Lipinski definition) is 2. The van der Waals surface area contributed by atoms with Crippen molar-refractivity contribution in [2.24, 2.45) is 0 Å². The first-order chi connectivity index (χ1) is 8.50. The van der Waals surface area contributed by atoms with Crippen LogP contribution in [-0.4, -0.2) is 39.6 Å². The molecule has 0 aromatic heterocycles. The van der Waals surface area contributed by atoms with Gasteiger partial charge < -0.3 is 15.1 Å². The molecule has 1 atom stereocenters. The fourth-order valence-electron chi connectivity index (χ4n) is 2.24. The number of aromatic hydroxyl groups is 1. The lowest BCUT2D eigenvalue weighted by Crippen LogP contribution is -2.40. The van der Waals surface area contributed by atoms with Gasteiger partial charge in [0.1, 0.15) is 11.8 Å². The maximum atomic E-state index is 12.2. The molecule has 2 rings (SSSR count). The lowest BCUT2D eigenvalue weighted by molar-refractivity contribution is -0.141. The zero-order chi connectivity index (χ0) is 13.3. The molecule has 0 radical (unpaired) electrons. The smallest absolute Gasteiger partial charge is 0.326 e. The number of carbonyl (C=O) groups is 2. The van der Waals surface area contributed by atoms with Crippen LogP contribution in [0, 0.1) is 6.92 Å². The average molecular weight is 249 g/mol. The average Bonchev–Trinajstić information content (AvgIpc) is 2.80. The van der Waals surface area contributed by atoms with E-state index in [0.717, 1.165) is 5.56 Å². The van der Waals surface area contributed by atoms with Gasteiger partial charge in [0.15, 0.2) is 0 Å². The van der Waals surface area contributed by atoms with Crippen LogP contribution in [0.15, 0.2) is 18.2 Å². The molecule has 0 spiro atoms. The van der Waals surface area contributed by atoms with Gasteiger partial charge in [-0.25, -0.2) is 4.79 Å². The van der Waals surface area contributed by atoms with Crippen LogP contribution in [0.4, 0.5) is 0 Å². The number of aliphatic carboxylic acids is 1. The van der Waals surface area contributed by atoms with Crippen LogP contribution < -0.4 is 0 Å². The molecular formula is C13H15NO4. The number of nitrogens with zero attached hydrogens (tertiary/aromatic N) is 1.